The summed E-state index contributed by atoms with van der Waals surface area (Å²) in [5.41, 5.74) is 0.315. The molecule has 0 atom stereocenters. The highest BCUT2D eigenvalue weighted by molar-refractivity contribution is 6.32. The Bertz CT molecular complexity index is 1130. The lowest BCUT2D eigenvalue weighted by atomic mass is 10.0. The summed E-state index contributed by atoms with van der Waals surface area (Å²) in [7, 11) is 0. The molecule has 0 aliphatic carbocycles. The summed E-state index contributed by atoms with van der Waals surface area (Å²) >= 11 is 6.01. The largest absolute Gasteiger partial charge is 0.360 e. The van der Waals surface area contributed by atoms with Crippen LogP contribution in [0.1, 0.15) is 15.9 Å². The Labute approximate surface area is 151 Å². The molecule has 6 nitrogen and oxygen atoms in total. The molecule has 3 aromatic rings. The number of rotatable bonds is 4. The van der Waals surface area contributed by atoms with E-state index in [0.29, 0.717) is 10.9 Å². The van der Waals surface area contributed by atoms with E-state index in [2.05, 4.69) is 4.98 Å². The Morgan fingerprint density at radius 2 is 2.08 bits per heavy atom. The Balaban J connectivity index is 2.07. The van der Waals surface area contributed by atoms with Gasteiger partial charge in [0, 0.05) is 45.4 Å². The standard InChI is InChI=1S/C18H9ClFN3O3/c19-16-4-2-13(23(25)26)6-10(16)5-11(8-21)18(24)15-9-22-17-7-12(20)1-3-14(15)17/h1-7,9,22H/b11-5-. The summed E-state index contributed by atoms with van der Waals surface area (Å²) in [5, 5.41) is 20.9. The lowest BCUT2D eigenvalue weighted by Gasteiger charge is -2.01. The molecular weight excluding hydrogens is 361 g/mol. The number of halogens is 2. The fraction of sp³-hybridized carbons (Fsp3) is 0. The van der Waals surface area contributed by atoms with Crippen LogP contribution in [0, 0.1) is 27.3 Å². The zero-order chi connectivity index (χ0) is 18.8. The Morgan fingerprint density at radius 3 is 2.77 bits per heavy atom. The highest BCUT2D eigenvalue weighted by Gasteiger charge is 2.18. The highest BCUT2D eigenvalue weighted by Crippen LogP contribution is 2.26. The van der Waals surface area contributed by atoms with Gasteiger partial charge in [-0.25, -0.2) is 4.39 Å². The first-order valence-corrected chi connectivity index (χ1v) is 7.65. The second kappa shape index (κ2) is 6.78. The van der Waals surface area contributed by atoms with Crippen LogP contribution in [-0.2, 0) is 0 Å². The van der Waals surface area contributed by atoms with Crippen LogP contribution in [-0.4, -0.2) is 15.7 Å². The number of nitro benzene ring substituents is 1. The molecule has 8 heteroatoms. The van der Waals surface area contributed by atoms with E-state index in [1.807, 2.05) is 0 Å². The number of carbonyl (C=O) groups excluding carboxylic acids is 1. The summed E-state index contributed by atoms with van der Waals surface area (Å²) in [6, 6.07) is 9.38. The third-order valence-corrected chi connectivity index (χ3v) is 4.09. The number of allylic oxidation sites excluding steroid dienone is 1. The van der Waals surface area contributed by atoms with Gasteiger partial charge in [0.1, 0.15) is 17.5 Å². The number of hydrogen-bond donors (Lipinski definition) is 1. The zero-order valence-electron chi connectivity index (χ0n) is 13.0. The number of fused-ring (bicyclic) bond motifs is 1. The van der Waals surface area contributed by atoms with Crippen LogP contribution < -0.4 is 0 Å². The second-order valence-electron chi connectivity index (χ2n) is 5.35. The Morgan fingerprint density at radius 1 is 1.31 bits per heavy atom. The number of aromatic amines is 1. The molecule has 1 N–H and O–H groups in total. The number of nitriles is 1. The van der Waals surface area contributed by atoms with Crippen molar-refractivity contribution in [2.45, 2.75) is 0 Å². The van der Waals surface area contributed by atoms with Crippen molar-refractivity contribution in [1.29, 1.82) is 5.26 Å². The van der Waals surface area contributed by atoms with E-state index in [-0.39, 0.29) is 27.4 Å². The Hall–Kier alpha value is -3.50. The van der Waals surface area contributed by atoms with Crippen molar-refractivity contribution >= 4 is 40.1 Å². The van der Waals surface area contributed by atoms with Crippen molar-refractivity contribution in [3.8, 4) is 6.07 Å². The van der Waals surface area contributed by atoms with Crippen molar-refractivity contribution in [2.24, 2.45) is 0 Å². The molecule has 0 spiro atoms. The first kappa shape index (κ1) is 17.3. The average molecular weight is 370 g/mol. The number of non-ortho nitro benzene ring substituents is 1. The van der Waals surface area contributed by atoms with Crippen molar-refractivity contribution in [3.63, 3.8) is 0 Å². The molecule has 0 unspecified atom stereocenters. The van der Waals surface area contributed by atoms with E-state index < -0.39 is 16.5 Å². The number of nitrogens with zero attached hydrogens (tertiary/aromatic N) is 2. The zero-order valence-corrected chi connectivity index (χ0v) is 13.7. The first-order chi connectivity index (χ1) is 12.4. The smallest absolute Gasteiger partial charge is 0.270 e. The van der Waals surface area contributed by atoms with Gasteiger partial charge in [0.15, 0.2) is 0 Å². The predicted molar refractivity (Wildman–Crippen MR) is 94.3 cm³/mol. The van der Waals surface area contributed by atoms with Gasteiger partial charge < -0.3 is 4.98 Å². The molecule has 0 saturated carbocycles. The molecule has 0 aliphatic rings. The number of Topliss-reactive ketones (excluding diaryl/α,β-unsaturated/α-hetero) is 1. The molecule has 0 amide bonds. The number of nitro groups is 1. The quantitative estimate of drug-likeness (QED) is 0.237. The number of benzene rings is 2. The molecule has 0 radical (unpaired) electrons. The first-order valence-electron chi connectivity index (χ1n) is 7.28. The number of aromatic nitrogens is 1. The maximum absolute atomic E-state index is 13.3. The van der Waals surface area contributed by atoms with Crippen molar-refractivity contribution in [3.05, 3.63) is 80.2 Å². The topological polar surface area (TPSA) is 99.8 Å². The third-order valence-electron chi connectivity index (χ3n) is 3.74. The number of carbonyl (C=O) groups is 1. The fourth-order valence-corrected chi connectivity index (χ4v) is 2.66. The average Bonchev–Trinajstić information content (AvgIpc) is 3.03. The van der Waals surface area contributed by atoms with E-state index in [1.54, 1.807) is 6.07 Å². The minimum absolute atomic E-state index is 0.164. The number of ketones is 1. The molecule has 1 aromatic heterocycles. The molecule has 26 heavy (non-hydrogen) atoms. The van der Waals surface area contributed by atoms with Crippen LogP contribution in [0.3, 0.4) is 0 Å². The third kappa shape index (κ3) is 3.18. The molecule has 0 fully saturated rings. The van der Waals surface area contributed by atoms with Gasteiger partial charge >= 0.3 is 0 Å². The molecule has 0 saturated heterocycles. The van der Waals surface area contributed by atoms with Gasteiger partial charge in [-0.2, -0.15) is 5.26 Å². The summed E-state index contributed by atoms with van der Waals surface area (Å²) in [5.74, 6) is -1.06. The number of hydrogen-bond acceptors (Lipinski definition) is 4. The van der Waals surface area contributed by atoms with Crippen molar-refractivity contribution in [2.75, 3.05) is 0 Å². The van der Waals surface area contributed by atoms with Crippen LogP contribution >= 0.6 is 11.6 Å². The Kier molecular flexibility index (Phi) is 4.52. The SMILES string of the molecule is N#C/C(=C/c1cc([N+](=O)[O-])ccc1Cl)C(=O)c1c[nH]c2cc(F)ccc12. The number of H-pyrrole nitrogens is 1. The molecular formula is C18H9ClFN3O3. The second-order valence-corrected chi connectivity index (χ2v) is 5.76. The lowest BCUT2D eigenvalue weighted by Crippen LogP contribution is -2.01. The molecule has 3 rings (SSSR count). The van der Waals surface area contributed by atoms with Crippen LogP contribution in [0.5, 0.6) is 0 Å². The van der Waals surface area contributed by atoms with E-state index in [0.717, 1.165) is 0 Å². The minimum Gasteiger partial charge on any atom is -0.360 e. The van der Waals surface area contributed by atoms with Gasteiger partial charge in [0.05, 0.1) is 4.92 Å². The van der Waals surface area contributed by atoms with Gasteiger partial charge in [0.25, 0.3) is 5.69 Å². The van der Waals surface area contributed by atoms with E-state index in [4.69, 9.17) is 11.6 Å². The lowest BCUT2D eigenvalue weighted by molar-refractivity contribution is -0.384. The van der Waals surface area contributed by atoms with E-state index >= 15 is 0 Å². The summed E-state index contributed by atoms with van der Waals surface area (Å²) in [6.45, 7) is 0. The van der Waals surface area contributed by atoms with Crippen LogP contribution in [0.15, 0.2) is 48.2 Å². The summed E-state index contributed by atoms with van der Waals surface area (Å²) < 4.78 is 13.3. The van der Waals surface area contributed by atoms with Crippen molar-refractivity contribution in [1.82, 2.24) is 4.98 Å². The van der Waals surface area contributed by atoms with Gasteiger partial charge in [-0.1, -0.05) is 11.6 Å². The normalized spacial score (nSPS) is 11.3. The van der Waals surface area contributed by atoms with Gasteiger partial charge in [-0.05, 0) is 30.3 Å². The van der Waals surface area contributed by atoms with Gasteiger partial charge in [-0.15, -0.1) is 0 Å². The minimum atomic E-state index is -0.604. The summed E-state index contributed by atoms with van der Waals surface area (Å²) in [4.78, 5) is 25.8. The number of nitrogens with one attached hydrogen (secondary N) is 1. The van der Waals surface area contributed by atoms with Crippen LogP contribution in [0.2, 0.25) is 5.02 Å². The molecule has 1 heterocycles. The maximum atomic E-state index is 13.3. The summed E-state index contributed by atoms with van der Waals surface area (Å²) in [6.07, 6.45) is 2.58. The van der Waals surface area contributed by atoms with E-state index in [9.17, 15) is 24.6 Å². The fourth-order valence-electron chi connectivity index (χ4n) is 2.49. The molecule has 2 aromatic carbocycles. The van der Waals surface area contributed by atoms with Crippen LogP contribution in [0.25, 0.3) is 17.0 Å². The molecule has 0 bridgehead atoms. The highest BCUT2D eigenvalue weighted by atomic mass is 35.5. The van der Waals surface area contributed by atoms with E-state index in [1.165, 1.54) is 48.7 Å². The van der Waals surface area contributed by atoms with Gasteiger partial charge in [0.2, 0.25) is 5.78 Å². The maximum Gasteiger partial charge on any atom is 0.270 e. The van der Waals surface area contributed by atoms with Gasteiger partial charge in [-0.3, -0.25) is 14.9 Å². The molecule has 128 valence electrons. The van der Waals surface area contributed by atoms with Crippen molar-refractivity contribution < 1.29 is 14.1 Å². The molecule has 0 aliphatic heterocycles. The monoisotopic (exact) mass is 369 g/mol. The van der Waals surface area contributed by atoms with Crippen LogP contribution in [0.4, 0.5) is 10.1 Å². The predicted octanol–water partition coefficient (Wildman–Crippen LogP) is 4.66.